The fraction of sp³-hybridized carbons (Fsp3) is 0.500. The molecule has 1 aliphatic heterocycles. The minimum atomic E-state index is -0.422. The third kappa shape index (κ3) is 2.89. The highest BCUT2D eigenvalue weighted by Crippen LogP contribution is 2.30. The van der Waals surface area contributed by atoms with Crippen molar-refractivity contribution in [2.24, 2.45) is 0 Å². The van der Waals surface area contributed by atoms with Crippen LogP contribution in [0.5, 0.6) is 5.75 Å². The Hall–Kier alpha value is -1.82. The normalized spacial score (nSPS) is 19.3. The van der Waals surface area contributed by atoms with E-state index in [1.54, 1.807) is 6.07 Å². The van der Waals surface area contributed by atoms with Gasteiger partial charge in [-0.3, -0.25) is 10.1 Å². The first-order valence-electron chi connectivity index (χ1n) is 6.00. The number of nitrogens with zero attached hydrogens (tertiary/aromatic N) is 1. The highest BCUT2D eigenvalue weighted by atomic mass is 16.6. The number of nitro groups is 1. The lowest BCUT2D eigenvalue weighted by Crippen LogP contribution is -2.38. The Labute approximate surface area is 105 Å². The maximum atomic E-state index is 10.7. The summed E-state index contributed by atoms with van der Waals surface area (Å²) in [6, 6.07) is 4.97. The number of piperidine rings is 1. The largest absolute Gasteiger partial charge is 0.494 e. The number of hydrogen-bond acceptors (Lipinski definition) is 5. The fourth-order valence-electron chi connectivity index (χ4n) is 2.11. The van der Waals surface area contributed by atoms with Gasteiger partial charge in [0.25, 0.3) is 5.69 Å². The van der Waals surface area contributed by atoms with Gasteiger partial charge in [-0.1, -0.05) is 0 Å². The minimum absolute atomic E-state index is 0.0409. The average Bonchev–Trinajstić information content (AvgIpc) is 2.40. The van der Waals surface area contributed by atoms with Gasteiger partial charge in [0.2, 0.25) is 0 Å². The molecule has 0 aromatic heterocycles. The third-order valence-electron chi connectivity index (χ3n) is 3.05. The summed E-state index contributed by atoms with van der Waals surface area (Å²) in [5.41, 5.74) is 0.843. The molecule has 0 aliphatic carbocycles. The fourth-order valence-corrected chi connectivity index (χ4v) is 2.11. The summed E-state index contributed by atoms with van der Waals surface area (Å²) in [5.74, 6) is 0.509. The van der Waals surface area contributed by atoms with Crippen molar-refractivity contribution in [3.63, 3.8) is 0 Å². The molecule has 98 valence electrons. The first kappa shape index (κ1) is 12.6. The zero-order chi connectivity index (χ0) is 13.0. The molecule has 0 amide bonds. The second-order valence-corrected chi connectivity index (χ2v) is 4.33. The molecule has 0 radical (unpaired) electrons. The Morgan fingerprint density at radius 2 is 2.39 bits per heavy atom. The van der Waals surface area contributed by atoms with Gasteiger partial charge in [-0.2, -0.15) is 0 Å². The SMILES string of the molecule is COc1cc([N+](=O)[O-])ccc1NC1CCCNC1. The van der Waals surface area contributed by atoms with E-state index in [1.807, 2.05) is 0 Å². The predicted molar refractivity (Wildman–Crippen MR) is 69.2 cm³/mol. The van der Waals surface area contributed by atoms with Crippen molar-refractivity contribution in [2.45, 2.75) is 18.9 Å². The molecule has 1 aromatic carbocycles. The van der Waals surface area contributed by atoms with Crippen LogP contribution in [0.4, 0.5) is 11.4 Å². The molecular weight excluding hydrogens is 234 g/mol. The molecule has 1 saturated heterocycles. The van der Waals surface area contributed by atoms with E-state index in [9.17, 15) is 10.1 Å². The highest BCUT2D eigenvalue weighted by molar-refractivity contribution is 5.61. The zero-order valence-corrected chi connectivity index (χ0v) is 10.3. The summed E-state index contributed by atoms with van der Waals surface area (Å²) in [5, 5.41) is 17.4. The van der Waals surface area contributed by atoms with Gasteiger partial charge in [0, 0.05) is 18.7 Å². The Bertz CT molecular complexity index is 431. The predicted octanol–water partition coefficient (Wildman–Crippen LogP) is 1.77. The quantitative estimate of drug-likeness (QED) is 0.630. The van der Waals surface area contributed by atoms with Gasteiger partial charge in [-0.05, 0) is 25.5 Å². The van der Waals surface area contributed by atoms with Crippen molar-refractivity contribution in [3.05, 3.63) is 28.3 Å². The number of hydrogen-bond donors (Lipinski definition) is 2. The van der Waals surface area contributed by atoms with Gasteiger partial charge in [0.1, 0.15) is 5.75 Å². The third-order valence-corrected chi connectivity index (χ3v) is 3.05. The van der Waals surface area contributed by atoms with Gasteiger partial charge in [0.15, 0.2) is 0 Å². The van der Waals surface area contributed by atoms with Crippen molar-refractivity contribution in [2.75, 3.05) is 25.5 Å². The van der Waals surface area contributed by atoms with Gasteiger partial charge in [-0.15, -0.1) is 0 Å². The molecule has 1 aliphatic rings. The molecule has 1 fully saturated rings. The van der Waals surface area contributed by atoms with Crippen LogP contribution in [0.25, 0.3) is 0 Å². The van der Waals surface area contributed by atoms with Crippen LogP contribution in [0, 0.1) is 10.1 Å². The van der Waals surface area contributed by atoms with Crippen LogP contribution in [0.15, 0.2) is 18.2 Å². The second kappa shape index (κ2) is 5.68. The van der Waals surface area contributed by atoms with E-state index in [2.05, 4.69) is 10.6 Å². The molecule has 2 rings (SSSR count). The molecule has 18 heavy (non-hydrogen) atoms. The molecule has 6 nitrogen and oxygen atoms in total. The Morgan fingerprint density at radius 1 is 1.56 bits per heavy atom. The molecule has 0 spiro atoms. The lowest BCUT2D eigenvalue weighted by molar-refractivity contribution is -0.384. The number of nitrogens with one attached hydrogen (secondary N) is 2. The number of anilines is 1. The van der Waals surface area contributed by atoms with Crippen LogP contribution in [-0.2, 0) is 0 Å². The summed E-state index contributed by atoms with van der Waals surface area (Å²) < 4.78 is 5.19. The van der Waals surface area contributed by atoms with Crippen molar-refractivity contribution in [1.82, 2.24) is 5.32 Å². The standard InChI is InChI=1S/C12H17N3O3/c1-18-12-7-10(15(16)17)4-5-11(12)14-9-3-2-6-13-8-9/h4-5,7,9,13-14H,2-3,6,8H2,1H3. The van der Waals surface area contributed by atoms with E-state index in [0.717, 1.165) is 31.6 Å². The topological polar surface area (TPSA) is 76.4 Å². The Balaban J connectivity index is 2.13. The Morgan fingerprint density at radius 3 is 3.00 bits per heavy atom. The van der Waals surface area contributed by atoms with Crippen molar-refractivity contribution in [3.8, 4) is 5.75 Å². The van der Waals surface area contributed by atoms with Crippen molar-refractivity contribution in [1.29, 1.82) is 0 Å². The molecule has 1 unspecified atom stereocenters. The number of rotatable bonds is 4. The van der Waals surface area contributed by atoms with Gasteiger partial charge in [-0.25, -0.2) is 0 Å². The maximum Gasteiger partial charge on any atom is 0.273 e. The van der Waals surface area contributed by atoms with Crippen molar-refractivity contribution < 1.29 is 9.66 Å². The summed E-state index contributed by atoms with van der Waals surface area (Å²) in [7, 11) is 1.52. The van der Waals surface area contributed by atoms with E-state index in [1.165, 1.54) is 19.2 Å². The van der Waals surface area contributed by atoms with Gasteiger partial charge in [0.05, 0.1) is 23.8 Å². The number of ether oxygens (including phenoxy) is 1. The summed E-state index contributed by atoms with van der Waals surface area (Å²) in [6.45, 7) is 1.95. The van der Waals surface area contributed by atoms with Crippen LogP contribution in [0.3, 0.4) is 0 Å². The van der Waals surface area contributed by atoms with Crippen LogP contribution in [-0.4, -0.2) is 31.2 Å². The van der Waals surface area contributed by atoms with Crippen LogP contribution in [0.1, 0.15) is 12.8 Å². The lowest BCUT2D eigenvalue weighted by Gasteiger charge is -2.25. The zero-order valence-electron chi connectivity index (χ0n) is 10.3. The number of benzene rings is 1. The highest BCUT2D eigenvalue weighted by Gasteiger charge is 2.16. The minimum Gasteiger partial charge on any atom is -0.494 e. The molecule has 0 bridgehead atoms. The maximum absolute atomic E-state index is 10.7. The monoisotopic (exact) mass is 251 g/mol. The lowest BCUT2D eigenvalue weighted by atomic mass is 10.1. The molecule has 0 saturated carbocycles. The van der Waals surface area contributed by atoms with E-state index in [0.29, 0.717) is 11.8 Å². The number of non-ortho nitro benzene ring substituents is 1. The summed E-state index contributed by atoms with van der Waals surface area (Å²) in [6.07, 6.45) is 2.22. The number of nitro benzene ring substituents is 1. The smallest absolute Gasteiger partial charge is 0.273 e. The molecular formula is C12H17N3O3. The second-order valence-electron chi connectivity index (χ2n) is 4.33. The van der Waals surface area contributed by atoms with E-state index < -0.39 is 4.92 Å². The average molecular weight is 251 g/mol. The first-order valence-corrected chi connectivity index (χ1v) is 6.00. The first-order chi connectivity index (χ1) is 8.70. The van der Waals surface area contributed by atoms with Crippen molar-refractivity contribution >= 4 is 11.4 Å². The summed E-state index contributed by atoms with van der Waals surface area (Å²) >= 11 is 0. The molecule has 2 N–H and O–H groups in total. The summed E-state index contributed by atoms with van der Waals surface area (Å²) in [4.78, 5) is 10.3. The van der Waals surface area contributed by atoms with E-state index >= 15 is 0 Å². The molecule has 1 heterocycles. The molecule has 6 heteroatoms. The van der Waals surface area contributed by atoms with Crippen LogP contribution in [0.2, 0.25) is 0 Å². The molecule has 1 aromatic rings. The van der Waals surface area contributed by atoms with E-state index in [4.69, 9.17) is 4.74 Å². The van der Waals surface area contributed by atoms with Crippen LogP contribution < -0.4 is 15.4 Å². The van der Waals surface area contributed by atoms with Gasteiger partial charge >= 0.3 is 0 Å². The Kier molecular flexibility index (Phi) is 3.99. The molecule has 1 atom stereocenters. The van der Waals surface area contributed by atoms with Gasteiger partial charge < -0.3 is 15.4 Å². The number of methoxy groups -OCH3 is 1. The van der Waals surface area contributed by atoms with E-state index in [-0.39, 0.29) is 5.69 Å². The van der Waals surface area contributed by atoms with Crippen LogP contribution >= 0.6 is 0 Å².